The molecule has 3 N–H and O–H groups in total. The van der Waals surface area contributed by atoms with Crippen molar-refractivity contribution in [3.8, 4) is 0 Å². The average molecular weight is 331 g/mol. The molecule has 0 fully saturated rings. The molecule has 23 heavy (non-hydrogen) atoms. The van der Waals surface area contributed by atoms with Crippen LogP contribution in [0, 0.1) is 0 Å². The van der Waals surface area contributed by atoms with E-state index in [0.717, 1.165) is 5.56 Å². The maximum absolute atomic E-state index is 11.8. The molecule has 0 radical (unpaired) electrons. The van der Waals surface area contributed by atoms with Gasteiger partial charge in [0, 0.05) is 26.1 Å². The van der Waals surface area contributed by atoms with Gasteiger partial charge in [-0.1, -0.05) is 41.7 Å². The zero-order chi connectivity index (χ0) is 16.5. The molecule has 0 unspecified atom stereocenters. The zero-order valence-electron chi connectivity index (χ0n) is 12.6. The number of carbonyl (C=O) groups excluding carboxylic acids is 2. The van der Waals surface area contributed by atoms with E-state index in [2.05, 4.69) is 26.1 Å². The minimum atomic E-state index is -0.269. The van der Waals surface area contributed by atoms with Gasteiger partial charge in [-0.3, -0.25) is 14.9 Å². The third-order valence-electron chi connectivity index (χ3n) is 2.66. The second kappa shape index (κ2) is 8.64. The van der Waals surface area contributed by atoms with E-state index in [9.17, 15) is 9.59 Å². The number of anilines is 2. The highest BCUT2D eigenvalue weighted by molar-refractivity contribution is 7.19. The molecule has 0 aliphatic carbocycles. The Morgan fingerprint density at radius 2 is 1.87 bits per heavy atom. The molecule has 1 heterocycles. The normalized spacial score (nSPS) is 10.5. The van der Waals surface area contributed by atoms with Gasteiger partial charge in [0.15, 0.2) is 0 Å². The summed E-state index contributed by atoms with van der Waals surface area (Å²) in [6.07, 6.45) is 3.17. The molecular weight excluding hydrogens is 314 g/mol. The van der Waals surface area contributed by atoms with Crippen molar-refractivity contribution < 1.29 is 9.59 Å². The van der Waals surface area contributed by atoms with Crippen LogP contribution in [-0.2, 0) is 9.59 Å². The lowest BCUT2D eigenvalue weighted by Crippen LogP contribution is -2.26. The standard InChI is InChI=1S/C15H17N5O2S/c1-11(21)16-9-10-17-14-19-20-15(23-14)18-13(22)8-7-12-5-3-2-4-6-12/h2-8H,9-10H2,1H3,(H,16,21)(H,17,19)(H,18,20,22)/b8-7+. The Bertz CT molecular complexity index is 684. The van der Waals surface area contributed by atoms with E-state index in [4.69, 9.17) is 0 Å². The van der Waals surface area contributed by atoms with Crippen LogP contribution in [0.25, 0.3) is 6.08 Å². The van der Waals surface area contributed by atoms with Crippen LogP contribution in [-0.4, -0.2) is 35.1 Å². The van der Waals surface area contributed by atoms with E-state index in [-0.39, 0.29) is 11.8 Å². The van der Waals surface area contributed by atoms with Crippen molar-refractivity contribution in [2.75, 3.05) is 23.7 Å². The summed E-state index contributed by atoms with van der Waals surface area (Å²) in [4.78, 5) is 22.5. The van der Waals surface area contributed by atoms with Crippen molar-refractivity contribution >= 4 is 39.5 Å². The Balaban J connectivity index is 1.78. The molecule has 8 heteroatoms. The van der Waals surface area contributed by atoms with Crippen LogP contribution in [0.3, 0.4) is 0 Å². The second-order valence-corrected chi connectivity index (χ2v) is 5.53. The monoisotopic (exact) mass is 331 g/mol. The summed E-state index contributed by atoms with van der Waals surface area (Å²) in [7, 11) is 0. The maximum atomic E-state index is 11.8. The number of nitrogens with one attached hydrogen (secondary N) is 3. The van der Waals surface area contributed by atoms with Crippen molar-refractivity contribution in [1.82, 2.24) is 15.5 Å². The van der Waals surface area contributed by atoms with Crippen LogP contribution in [0.1, 0.15) is 12.5 Å². The predicted molar refractivity (Wildman–Crippen MR) is 91.2 cm³/mol. The maximum Gasteiger partial charge on any atom is 0.250 e. The van der Waals surface area contributed by atoms with Gasteiger partial charge in [0.25, 0.3) is 0 Å². The Hall–Kier alpha value is -2.74. The molecule has 0 saturated heterocycles. The highest BCUT2D eigenvalue weighted by atomic mass is 32.1. The Morgan fingerprint density at radius 3 is 2.61 bits per heavy atom. The van der Waals surface area contributed by atoms with Gasteiger partial charge in [-0.2, -0.15) is 0 Å². The Morgan fingerprint density at radius 1 is 1.13 bits per heavy atom. The van der Waals surface area contributed by atoms with Crippen molar-refractivity contribution in [1.29, 1.82) is 0 Å². The third kappa shape index (κ3) is 6.27. The molecule has 1 aromatic heterocycles. The molecule has 2 amide bonds. The van der Waals surface area contributed by atoms with Crippen molar-refractivity contribution in [2.24, 2.45) is 0 Å². The van der Waals surface area contributed by atoms with Gasteiger partial charge in [0.05, 0.1) is 0 Å². The summed E-state index contributed by atoms with van der Waals surface area (Å²) in [5.74, 6) is -0.350. The van der Waals surface area contributed by atoms with E-state index < -0.39 is 0 Å². The Labute approximate surface area is 137 Å². The second-order valence-electron chi connectivity index (χ2n) is 4.56. The molecule has 0 spiro atoms. The molecule has 120 valence electrons. The molecule has 0 atom stereocenters. The number of benzene rings is 1. The van der Waals surface area contributed by atoms with Crippen molar-refractivity contribution in [3.63, 3.8) is 0 Å². The molecule has 0 saturated carbocycles. The number of aromatic nitrogens is 2. The van der Waals surface area contributed by atoms with Crippen LogP contribution < -0.4 is 16.0 Å². The quantitative estimate of drug-likeness (QED) is 0.530. The number of carbonyl (C=O) groups is 2. The Kier molecular flexibility index (Phi) is 6.25. The fraction of sp³-hybridized carbons (Fsp3) is 0.200. The number of nitrogens with zero attached hydrogens (tertiary/aromatic N) is 2. The van der Waals surface area contributed by atoms with Crippen LogP contribution in [0.5, 0.6) is 0 Å². The SMILES string of the molecule is CC(=O)NCCNc1nnc(NC(=O)/C=C/c2ccccc2)s1. The number of hydrogen-bond donors (Lipinski definition) is 3. The first-order valence-corrected chi connectivity index (χ1v) is 7.81. The van der Waals surface area contributed by atoms with E-state index in [1.54, 1.807) is 6.08 Å². The minimum absolute atomic E-state index is 0.0813. The highest BCUT2D eigenvalue weighted by Crippen LogP contribution is 2.19. The lowest BCUT2D eigenvalue weighted by Gasteiger charge is -2.01. The molecule has 0 aliphatic heterocycles. The predicted octanol–water partition coefficient (Wildman–Crippen LogP) is 1.74. The summed E-state index contributed by atoms with van der Waals surface area (Å²) in [6, 6.07) is 9.54. The molecular formula is C15H17N5O2S. The number of hydrogen-bond acceptors (Lipinski definition) is 6. The first-order valence-electron chi connectivity index (χ1n) is 6.99. The molecule has 7 nitrogen and oxygen atoms in total. The largest absolute Gasteiger partial charge is 0.358 e. The van der Waals surface area contributed by atoms with Gasteiger partial charge in [0.1, 0.15) is 0 Å². The van der Waals surface area contributed by atoms with Gasteiger partial charge in [-0.15, -0.1) is 10.2 Å². The lowest BCUT2D eigenvalue weighted by molar-refractivity contribution is -0.118. The van der Waals surface area contributed by atoms with Crippen LogP contribution in [0.2, 0.25) is 0 Å². The van der Waals surface area contributed by atoms with E-state index >= 15 is 0 Å². The van der Waals surface area contributed by atoms with Crippen molar-refractivity contribution in [2.45, 2.75) is 6.92 Å². The highest BCUT2D eigenvalue weighted by Gasteiger charge is 2.05. The summed E-state index contributed by atoms with van der Waals surface area (Å²) in [5.41, 5.74) is 0.945. The minimum Gasteiger partial charge on any atom is -0.358 e. The topological polar surface area (TPSA) is 96.0 Å². The first kappa shape index (κ1) is 16.6. The van der Waals surface area contributed by atoms with Crippen LogP contribution in [0.4, 0.5) is 10.3 Å². The van der Waals surface area contributed by atoms with Gasteiger partial charge in [-0.05, 0) is 11.6 Å². The van der Waals surface area contributed by atoms with E-state index in [1.165, 1.54) is 24.3 Å². The molecule has 2 aromatic rings. The van der Waals surface area contributed by atoms with Gasteiger partial charge < -0.3 is 10.6 Å². The van der Waals surface area contributed by atoms with Crippen LogP contribution in [0.15, 0.2) is 36.4 Å². The summed E-state index contributed by atoms with van der Waals surface area (Å²) in [6.45, 7) is 2.49. The smallest absolute Gasteiger partial charge is 0.250 e. The van der Waals surface area contributed by atoms with E-state index in [1.807, 2.05) is 30.3 Å². The lowest BCUT2D eigenvalue weighted by atomic mass is 10.2. The van der Waals surface area contributed by atoms with Crippen LogP contribution >= 0.6 is 11.3 Å². The summed E-state index contributed by atoms with van der Waals surface area (Å²) >= 11 is 1.23. The van der Waals surface area contributed by atoms with Gasteiger partial charge in [0.2, 0.25) is 22.1 Å². The number of amides is 2. The summed E-state index contributed by atoms with van der Waals surface area (Å²) in [5, 5.41) is 17.1. The fourth-order valence-electron chi connectivity index (χ4n) is 1.64. The van der Waals surface area contributed by atoms with Gasteiger partial charge >= 0.3 is 0 Å². The molecule has 2 rings (SSSR count). The van der Waals surface area contributed by atoms with E-state index in [0.29, 0.717) is 23.4 Å². The zero-order valence-corrected chi connectivity index (χ0v) is 13.4. The first-order chi connectivity index (χ1) is 11.1. The molecule has 0 aliphatic rings. The number of rotatable bonds is 7. The molecule has 0 bridgehead atoms. The fourth-order valence-corrected chi connectivity index (χ4v) is 2.31. The third-order valence-corrected chi connectivity index (χ3v) is 3.45. The van der Waals surface area contributed by atoms with Gasteiger partial charge in [-0.25, -0.2) is 0 Å². The summed E-state index contributed by atoms with van der Waals surface area (Å²) < 4.78 is 0. The van der Waals surface area contributed by atoms with Crippen molar-refractivity contribution in [3.05, 3.63) is 42.0 Å². The molecule has 1 aromatic carbocycles. The average Bonchev–Trinajstić information content (AvgIpc) is 2.98.